The molecule has 12 heteroatoms. The van der Waals surface area contributed by atoms with E-state index in [4.69, 9.17) is 24.7 Å². The fourth-order valence-corrected chi connectivity index (χ4v) is 5.80. The van der Waals surface area contributed by atoms with Crippen LogP contribution in [0.2, 0.25) is 0 Å². The summed E-state index contributed by atoms with van der Waals surface area (Å²) in [5, 5.41) is 16.8. The zero-order valence-electron chi connectivity index (χ0n) is 28.3. The average Bonchev–Trinajstić information content (AvgIpc) is 3.84. The number of benzene rings is 2. The van der Waals surface area contributed by atoms with Crippen molar-refractivity contribution < 1.29 is 43.2 Å². The largest absolute Gasteiger partial charge is 0.492 e. The molecule has 4 rings (SSSR count). The van der Waals surface area contributed by atoms with Crippen LogP contribution < -0.4 is 21.1 Å². The fraction of sp³-hybridized carbons (Fsp3) is 0.556. The molecule has 0 spiro atoms. The summed E-state index contributed by atoms with van der Waals surface area (Å²) < 4.78 is 22.8. The van der Waals surface area contributed by atoms with Gasteiger partial charge in [-0.3, -0.25) is 14.4 Å². The molecular weight excluding hydrogens is 618 g/mol. The fourth-order valence-electron chi connectivity index (χ4n) is 5.80. The average molecular weight is 668 g/mol. The molecule has 48 heavy (non-hydrogen) atoms. The van der Waals surface area contributed by atoms with Crippen molar-refractivity contribution in [3.8, 4) is 5.75 Å². The number of esters is 2. The van der Waals surface area contributed by atoms with E-state index in [9.17, 15) is 24.3 Å². The number of rotatable bonds is 11. The Morgan fingerprint density at radius 2 is 1.73 bits per heavy atom. The van der Waals surface area contributed by atoms with E-state index in [1.54, 1.807) is 25.1 Å². The predicted molar refractivity (Wildman–Crippen MR) is 178 cm³/mol. The molecule has 2 heterocycles. The zero-order chi connectivity index (χ0) is 35.0. The number of nitrogens with one attached hydrogen (secondary N) is 2. The second-order valence-corrected chi connectivity index (χ2v) is 13.2. The molecular formula is C36H49N3O9. The summed E-state index contributed by atoms with van der Waals surface area (Å²) in [5.41, 5.74) is 8.20. The number of epoxide rings is 1. The number of nitrogen functional groups attached to an aromatic ring is 1. The minimum Gasteiger partial charge on any atom is -0.492 e. The van der Waals surface area contributed by atoms with Gasteiger partial charge in [0.1, 0.15) is 24.0 Å². The standard InChI is InChI=1S/C36H49N3O9/c1-6-45-29-13-12-23(15-26(29)37)16-27-34(42)38-19-21(4)35(43)47-30(14-20(2)3)36(44)46-25(18-31(41)39-27)17-28(40)22(5)32-33(48-32)24-10-8-7-9-11-24/h7-13,15,20-22,25,27-28,30,32-33,40H,6,14,16-19,37H2,1-5H3,(H,38,42)(H,39,41)/t21-,22?,25-,27-,28?,30+,32?,33?/m1/s1. The van der Waals surface area contributed by atoms with Crippen LogP contribution in [0.4, 0.5) is 5.69 Å². The molecule has 0 radical (unpaired) electrons. The zero-order valence-corrected chi connectivity index (χ0v) is 28.3. The van der Waals surface area contributed by atoms with Crippen molar-refractivity contribution in [2.75, 3.05) is 18.9 Å². The van der Waals surface area contributed by atoms with Crippen LogP contribution in [0.25, 0.3) is 0 Å². The van der Waals surface area contributed by atoms with Crippen LogP contribution in [0.1, 0.15) is 71.1 Å². The van der Waals surface area contributed by atoms with Crippen LogP contribution in [0, 0.1) is 17.8 Å². The summed E-state index contributed by atoms with van der Waals surface area (Å²) in [4.78, 5) is 53.4. The van der Waals surface area contributed by atoms with Crippen LogP contribution in [0.5, 0.6) is 5.75 Å². The van der Waals surface area contributed by atoms with Gasteiger partial charge in [-0.25, -0.2) is 4.79 Å². The predicted octanol–water partition coefficient (Wildman–Crippen LogP) is 3.25. The maximum atomic E-state index is 13.5. The molecule has 4 unspecified atom stereocenters. The van der Waals surface area contributed by atoms with E-state index in [0.29, 0.717) is 23.6 Å². The van der Waals surface area contributed by atoms with Crippen LogP contribution >= 0.6 is 0 Å². The molecule has 2 amide bonds. The van der Waals surface area contributed by atoms with Gasteiger partial charge < -0.3 is 40.4 Å². The normalized spacial score (nSPS) is 26.7. The molecule has 0 aliphatic carbocycles. The van der Waals surface area contributed by atoms with Crippen molar-refractivity contribution in [1.29, 1.82) is 0 Å². The van der Waals surface area contributed by atoms with Gasteiger partial charge in [0.2, 0.25) is 11.8 Å². The Morgan fingerprint density at radius 1 is 1.00 bits per heavy atom. The molecule has 8 atom stereocenters. The van der Waals surface area contributed by atoms with Crippen LogP contribution in [-0.4, -0.2) is 72.5 Å². The van der Waals surface area contributed by atoms with Gasteiger partial charge in [-0.15, -0.1) is 0 Å². The molecule has 0 aromatic heterocycles. The van der Waals surface area contributed by atoms with Crippen LogP contribution in [0.15, 0.2) is 48.5 Å². The monoisotopic (exact) mass is 667 g/mol. The molecule has 2 aromatic carbocycles. The maximum Gasteiger partial charge on any atom is 0.347 e. The third-order valence-electron chi connectivity index (χ3n) is 8.64. The minimum absolute atomic E-state index is 0.0177. The van der Waals surface area contributed by atoms with Crippen molar-refractivity contribution in [2.24, 2.45) is 17.8 Å². The number of carbonyl (C=O) groups excluding carboxylic acids is 4. The topological polar surface area (TPSA) is 179 Å². The highest BCUT2D eigenvalue weighted by atomic mass is 16.6. The van der Waals surface area contributed by atoms with E-state index >= 15 is 0 Å². The third kappa shape index (κ3) is 10.2. The van der Waals surface area contributed by atoms with E-state index in [2.05, 4.69) is 10.6 Å². The van der Waals surface area contributed by atoms with E-state index < -0.39 is 54.0 Å². The van der Waals surface area contributed by atoms with Gasteiger partial charge in [0.25, 0.3) is 0 Å². The summed E-state index contributed by atoms with van der Waals surface area (Å²) in [7, 11) is 0. The van der Waals surface area contributed by atoms with Crippen molar-refractivity contribution in [3.05, 3.63) is 59.7 Å². The second kappa shape index (κ2) is 16.8. The molecule has 0 saturated carbocycles. The number of nitrogens with two attached hydrogens (primary N) is 1. The lowest BCUT2D eigenvalue weighted by molar-refractivity contribution is -0.176. The molecule has 2 aliphatic rings. The first-order chi connectivity index (χ1) is 22.9. The van der Waals surface area contributed by atoms with Crippen molar-refractivity contribution in [2.45, 2.75) is 96.9 Å². The highest BCUT2D eigenvalue weighted by Crippen LogP contribution is 2.44. The summed E-state index contributed by atoms with van der Waals surface area (Å²) in [5.74, 6) is -3.17. The van der Waals surface area contributed by atoms with E-state index in [0.717, 1.165) is 5.56 Å². The first-order valence-electron chi connectivity index (χ1n) is 16.7. The maximum absolute atomic E-state index is 13.5. The van der Waals surface area contributed by atoms with Crippen molar-refractivity contribution in [1.82, 2.24) is 10.6 Å². The number of hydrogen-bond donors (Lipinski definition) is 4. The number of anilines is 1. The Morgan fingerprint density at radius 3 is 2.40 bits per heavy atom. The van der Waals surface area contributed by atoms with Gasteiger partial charge in [0, 0.05) is 25.3 Å². The van der Waals surface area contributed by atoms with Crippen molar-refractivity contribution in [3.63, 3.8) is 0 Å². The lowest BCUT2D eigenvalue weighted by Gasteiger charge is -2.28. The van der Waals surface area contributed by atoms with E-state index in [-0.39, 0.29) is 56.3 Å². The van der Waals surface area contributed by atoms with Gasteiger partial charge in [0.05, 0.1) is 36.8 Å². The Balaban J connectivity index is 1.55. The van der Waals surface area contributed by atoms with Gasteiger partial charge in [-0.05, 0) is 42.5 Å². The molecule has 2 aromatic rings. The molecule has 5 N–H and O–H groups in total. The van der Waals surface area contributed by atoms with Crippen LogP contribution in [0.3, 0.4) is 0 Å². The smallest absolute Gasteiger partial charge is 0.347 e. The summed E-state index contributed by atoms with van der Waals surface area (Å²) in [6.07, 6.45) is -3.84. The number of hydrogen-bond acceptors (Lipinski definition) is 10. The number of ether oxygens (including phenoxy) is 4. The van der Waals surface area contributed by atoms with E-state index in [1.807, 2.05) is 58.0 Å². The SMILES string of the molecule is CCOc1ccc(C[C@H]2NC(=O)C[C@@H](CC(O)C(C)C3OC3c3ccccc3)OC(=O)[C@H](CC(C)C)OC(=O)[C@H](C)CNC2=O)cc1N. The number of aliphatic hydroxyl groups is 1. The summed E-state index contributed by atoms with van der Waals surface area (Å²) >= 11 is 0. The Bertz CT molecular complexity index is 1420. The van der Waals surface area contributed by atoms with Gasteiger partial charge in [-0.2, -0.15) is 0 Å². The quantitative estimate of drug-likeness (QED) is 0.158. The lowest BCUT2D eigenvalue weighted by atomic mass is 9.92. The molecule has 2 fully saturated rings. The van der Waals surface area contributed by atoms with Gasteiger partial charge >= 0.3 is 11.9 Å². The van der Waals surface area contributed by atoms with Gasteiger partial charge in [0.15, 0.2) is 6.10 Å². The molecule has 12 nitrogen and oxygen atoms in total. The Kier molecular flexibility index (Phi) is 12.8. The highest BCUT2D eigenvalue weighted by molar-refractivity contribution is 5.89. The number of cyclic esters (lactones) is 2. The number of aliphatic hydroxyl groups excluding tert-OH is 1. The first-order valence-corrected chi connectivity index (χ1v) is 16.7. The molecule has 262 valence electrons. The van der Waals surface area contributed by atoms with Gasteiger partial charge in [-0.1, -0.05) is 64.1 Å². The third-order valence-corrected chi connectivity index (χ3v) is 8.64. The summed E-state index contributed by atoms with van der Waals surface area (Å²) in [6, 6.07) is 13.8. The second-order valence-electron chi connectivity index (χ2n) is 13.2. The molecule has 0 bridgehead atoms. The Hall–Kier alpha value is -4.16. The van der Waals surface area contributed by atoms with Crippen molar-refractivity contribution >= 4 is 29.4 Å². The number of carbonyl (C=O) groups is 4. The molecule has 2 aliphatic heterocycles. The number of amides is 2. The minimum atomic E-state index is -1.22. The summed E-state index contributed by atoms with van der Waals surface area (Å²) in [6.45, 7) is 9.39. The highest BCUT2D eigenvalue weighted by Gasteiger charge is 2.47. The molecule has 2 saturated heterocycles. The van der Waals surface area contributed by atoms with Crippen LogP contribution in [-0.2, 0) is 39.8 Å². The lowest BCUT2D eigenvalue weighted by Crippen LogP contribution is -2.50. The van der Waals surface area contributed by atoms with E-state index in [1.165, 1.54) is 0 Å². The Labute approximate surface area is 282 Å². The first kappa shape index (κ1) is 36.7.